The van der Waals surface area contributed by atoms with E-state index < -0.39 is 28.9 Å². The molecule has 0 spiro atoms. The van der Waals surface area contributed by atoms with Crippen molar-refractivity contribution >= 4 is 28.9 Å². The van der Waals surface area contributed by atoms with Gasteiger partial charge in [-0.3, -0.25) is 20.1 Å². The lowest BCUT2D eigenvalue weighted by molar-refractivity contribution is 0.0564. The monoisotopic (exact) mass is 476 g/mol. The summed E-state index contributed by atoms with van der Waals surface area (Å²) in [5, 5.41) is 5.38. The van der Waals surface area contributed by atoms with Crippen LogP contribution in [0.1, 0.15) is 50.2 Å². The van der Waals surface area contributed by atoms with Crippen molar-refractivity contribution in [2.75, 3.05) is 12.8 Å². The van der Waals surface area contributed by atoms with Gasteiger partial charge in [0.15, 0.2) is 5.17 Å². The molecule has 33 heavy (non-hydrogen) atoms. The smallest absolute Gasteiger partial charge is 0.413 e. The maximum absolute atomic E-state index is 14.9. The Morgan fingerprint density at radius 3 is 2.52 bits per heavy atom. The van der Waals surface area contributed by atoms with Crippen LogP contribution in [0.2, 0.25) is 0 Å². The van der Waals surface area contributed by atoms with Crippen LogP contribution in [0.25, 0.3) is 11.1 Å². The molecule has 1 aromatic heterocycles. The first-order chi connectivity index (χ1) is 15.4. The summed E-state index contributed by atoms with van der Waals surface area (Å²) in [6.07, 6.45) is 1.19. The van der Waals surface area contributed by atoms with Gasteiger partial charge < -0.3 is 10.1 Å². The van der Waals surface area contributed by atoms with Crippen molar-refractivity contribution in [1.82, 2.24) is 15.6 Å². The molecule has 2 aromatic rings. The van der Waals surface area contributed by atoms with Crippen LogP contribution in [0.4, 0.5) is 13.6 Å². The Hall–Kier alpha value is -3.01. The van der Waals surface area contributed by atoms with Crippen LogP contribution in [0, 0.1) is 11.6 Å². The Morgan fingerprint density at radius 2 is 1.91 bits per heavy atom. The Kier molecular flexibility index (Phi) is 7.06. The van der Waals surface area contributed by atoms with Crippen molar-refractivity contribution in [3.8, 4) is 11.1 Å². The average Bonchev–Trinajstić information content (AvgIpc) is 2.72. The van der Waals surface area contributed by atoms with Crippen molar-refractivity contribution in [3.05, 3.63) is 53.4 Å². The summed E-state index contributed by atoms with van der Waals surface area (Å²) in [7, 11) is 1.49. The van der Waals surface area contributed by atoms with Gasteiger partial charge in [0.05, 0.1) is 5.54 Å². The number of ether oxygens (including phenoxy) is 1. The van der Waals surface area contributed by atoms with Crippen LogP contribution in [-0.4, -0.2) is 40.6 Å². The molecule has 176 valence electrons. The second-order valence-corrected chi connectivity index (χ2v) is 9.82. The summed E-state index contributed by atoms with van der Waals surface area (Å²) in [5.74, 6) is -1.29. The molecule has 10 heteroatoms. The van der Waals surface area contributed by atoms with E-state index in [1.807, 2.05) is 0 Å². The first-order valence-electron chi connectivity index (χ1n) is 10.3. The molecule has 0 saturated carbocycles. The summed E-state index contributed by atoms with van der Waals surface area (Å²) in [6.45, 7) is 6.98. The first kappa shape index (κ1) is 24.6. The molecule has 1 aliphatic heterocycles. The van der Waals surface area contributed by atoms with Crippen molar-refractivity contribution in [2.24, 2.45) is 4.99 Å². The fraction of sp³-hybridized carbons (Fsp3) is 0.391. The number of nitrogens with one attached hydrogen (secondary N) is 2. The Labute approximate surface area is 195 Å². The number of thioether (sulfide) groups is 1. The minimum absolute atomic E-state index is 0.138. The molecule has 0 fully saturated rings. The van der Waals surface area contributed by atoms with Gasteiger partial charge in [-0.1, -0.05) is 17.8 Å². The van der Waals surface area contributed by atoms with E-state index in [9.17, 15) is 18.4 Å². The van der Waals surface area contributed by atoms with Crippen molar-refractivity contribution < 1.29 is 23.1 Å². The lowest BCUT2D eigenvalue weighted by Crippen LogP contribution is -2.38. The van der Waals surface area contributed by atoms with Gasteiger partial charge in [-0.15, -0.1) is 0 Å². The normalized spacial score (nSPS) is 18.3. The number of pyridine rings is 1. The van der Waals surface area contributed by atoms with Crippen LogP contribution in [-0.2, 0) is 10.3 Å². The SMILES string of the molecule is CNC(=O)c1ccc(-c2cc(C3(C)CCSC(NC(=O)OC(C)(C)C)=N3)c(F)cc2F)cn1. The highest BCUT2D eigenvalue weighted by molar-refractivity contribution is 8.13. The predicted molar refractivity (Wildman–Crippen MR) is 124 cm³/mol. The standard InChI is InChI=1S/C23H26F2N4O3S/c1-22(2,3)32-21(31)28-20-29-23(4,8-9-33-20)15-10-14(16(24)11-17(15)25)13-6-7-18(27-12-13)19(30)26-5/h6-7,10-12H,8-9H2,1-5H3,(H,26,30)(H,28,29,31). The van der Waals surface area contributed by atoms with Gasteiger partial charge >= 0.3 is 6.09 Å². The van der Waals surface area contributed by atoms with Gasteiger partial charge in [0.2, 0.25) is 0 Å². The van der Waals surface area contributed by atoms with Gasteiger partial charge in [-0.2, -0.15) is 0 Å². The molecule has 0 radical (unpaired) electrons. The van der Waals surface area contributed by atoms with E-state index in [2.05, 4.69) is 20.6 Å². The summed E-state index contributed by atoms with van der Waals surface area (Å²) < 4.78 is 34.8. The lowest BCUT2D eigenvalue weighted by Gasteiger charge is -2.31. The van der Waals surface area contributed by atoms with Crippen LogP contribution in [0.3, 0.4) is 0 Å². The molecule has 1 aliphatic rings. The molecule has 1 aromatic carbocycles. The number of aromatic nitrogens is 1. The molecule has 1 atom stereocenters. The summed E-state index contributed by atoms with van der Waals surface area (Å²) >= 11 is 1.32. The lowest BCUT2D eigenvalue weighted by atomic mass is 9.87. The number of hydrogen-bond acceptors (Lipinski definition) is 6. The van der Waals surface area contributed by atoms with Gasteiger partial charge in [0, 0.05) is 41.8 Å². The average molecular weight is 477 g/mol. The first-order valence-corrected chi connectivity index (χ1v) is 11.3. The zero-order valence-electron chi connectivity index (χ0n) is 19.1. The Bertz CT molecular complexity index is 1100. The third-order valence-corrected chi connectivity index (χ3v) is 5.83. The zero-order chi connectivity index (χ0) is 24.4. The molecule has 2 heterocycles. The molecular formula is C23H26F2N4O3S. The Balaban J connectivity index is 1.95. The molecule has 7 nitrogen and oxygen atoms in total. The number of hydrogen-bond donors (Lipinski definition) is 2. The van der Waals surface area contributed by atoms with Crippen LogP contribution < -0.4 is 10.6 Å². The van der Waals surface area contributed by atoms with E-state index in [-0.39, 0.29) is 22.7 Å². The molecule has 3 rings (SSSR count). The number of rotatable bonds is 3. The maximum atomic E-state index is 14.9. The third kappa shape index (κ3) is 5.87. The second kappa shape index (κ2) is 9.46. The molecule has 0 aliphatic carbocycles. The number of aliphatic imine (C=N–C) groups is 1. The number of amidine groups is 1. The molecule has 2 N–H and O–H groups in total. The highest BCUT2D eigenvalue weighted by Gasteiger charge is 2.34. The van der Waals surface area contributed by atoms with E-state index >= 15 is 0 Å². The molecular weight excluding hydrogens is 450 g/mol. The molecule has 0 bridgehead atoms. The maximum Gasteiger partial charge on any atom is 0.413 e. The number of benzene rings is 1. The van der Waals surface area contributed by atoms with Crippen molar-refractivity contribution in [2.45, 2.75) is 45.3 Å². The van der Waals surface area contributed by atoms with E-state index in [1.54, 1.807) is 33.8 Å². The van der Waals surface area contributed by atoms with Crippen LogP contribution >= 0.6 is 11.8 Å². The van der Waals surface area contributed by atoms with Crippen LogP contribution in [0.15, 0.2) is 35.5 Å². The summed E-state index contributed by atoms with van der Waals surface area (Å²) in [5.41, 5.74) is -0.796. The number of carbonyl (C=O) groups is 2. The number of carbonyl (C=O) groups excluding carboxylic acids is 2. The molecule has 0 saturated heterocycles. The molecule has 2 amide bonds. The Morgan fingerprint density at radius 1 is 1.18 bits per heavy atom. The van der Waals surface area contributed by atoms with E-state index in [4.69, 9.17) is 4.74 Å². The predicted octanol–water partition coefficient (Wildman–Crippen LogP) is 4.62. The van der Waals surface area contributed by atoms with Gasteiger partial charge in [-0.25, -0.2) is 13.6 Å². The largest absolute Gasteiger partial charge is 0.444 e. The van der Waals surface area contributed by atoms with Gasteiger partial charge in [0.1, 0.15) is 22.9 Å². The van der Waals surface area contributed by atoms with E-state index in [1.165, 1.54) is 37.1 Å². The third-order valence-electron chi connectivity index (χ3n) is 4.95. The highest BCUT2D eigenvalue weighted by Crippen LogP contribution is 2.39. The number of amides is 2. The second-order valence-electron chi connectivity index (χ2n) is 8.74. The highest BCUT2D eigenvalue weighted by atomic mass is 32.2. The fourth-order valence-corrected chi connectivity index (χ4v) is 4.42. The minimum atomic E-state index is -1.03. The van der Waals surface area contributed by atoms with Gasteiger partial charge in [0.25, 0.3) is 5.91 Å². The number of alkyl carbamates (subject to hydrolysis) is 1. The van der Waals surface area contributed by atoms with Gasteiger partial charge in [-0.05, 0) is 46.2 Å². The molecule has 1 unspecified atom stereocenters. The summed E-state index contributed by atoms with van der Waals surface area (Å²) in [6, 6.07) is 5.25. The van der Waals surface area contributed by atoms with Crippen molar-refractivity contribution in [3.63, 3.8) is 0 Å². The summed E-state index contributed by atoms with van der Waals surface area (Å²) in [4.78, 5) is 32.5. The fourth-order valence-electron chi connectivity index (χ4n) is 3.31. The van der Waals surface area contributed by atoms with Crippen molar-refractivity contribution in [1.29, 1.82) is 0 Å². The van der Waals surface area contributed by atoms with E-state index in [0.29, 0.717) is 22.9 Å². The van der Waals surface area contributed by atoms with E-state index in [0.717, 1.165) is 6.07 Å². The van der Waals surface area contributed by atoms with Crippen LogP contribution in [0.5, 0.6) is 0 Å². The number of halogens is 2. The minimum Gasteiger partial charge on any atom is -0.444 e. The topological polar surface area (TPSA) is 92.7 Å². The quantitative estimate of drug-likeness (QED) is 0.675. The zero-order valence-corrected chi connectivity index (χ0v) is 19.9. The number of nitrogens with zero attached hydrogens (tertiary/aromatic N) is 2.